The highest BCUT2D eigenvalue weighted by molar-refractivity contribution is 7.90. The molecule has 4 nitrogen and oxygen atoms in total. The summed E-state index contributed by atoms with van der Waals surface area (Å²) in [4.78, 5) is 0. The fourth-order valence-electron chi connectivity index (χ4n) is 2.20. The van der Waals surface area contributed by atoms with E-state index in [4.69, 9.17) is 10.5 Å². The summed E-state index contributed by atoms with van der Waals surface area (Å²) in [5.74, 6) is 0.0815. The molecule has 1 aliphatic carbocycles. The minimum atomic E-state index is -2.95. The van der Waals surface area contributed by atoms with Gasteiger partial charge < -0.3 is 10.5 Å². The molecule has 0 heterocycles. The molecule has 0 bridgehead atoms. The van der Waals surface area contributed by atoms with Crippen molar-refractivity contribution in [1.29, 1.82) is 0 Å². The molecular formula is C12H25NO3S. The zero-order chi connectivity index (χ0) is 13.2. The summed E-state index contributed by atoms with van der Waals surface area (Å²) >= 11 is 0. The van der Waals surface area contributed by atoms with Crippen molar-refractivity contribution >= 4 is 9.84 Å². The average Bonchev–Trinajstić information content (AvgIpc) is 2.19. The summed E-state index contributed by atoms with van der Waals surface area (Å²) in [6, 6.07) is 0. The molecule has 0 saturated heterocycles. The van der Waals surface area contributed by atoms with E-state index in [9.17, 15) is 8.42 Å². The second-order valence-corrected chi connectivity index (χ2v) is 8.29. The molecule has 0 unspecified atom stereocenters. The summed E-state index contributed by atoms with van der Waals surface area (Å²) in [5.41, 5.74) is 5.87. The highest BCUT2D eigenvalue weighted by atomic mass is 32.2. The van der Waals surface area contributed by atoms with Crippen LogP contribution in [-0.2, 0) is 14.6 Å². The summed E-state index contributed by atoms with van der Waals surface area (Å²) in [6.45, 7) is 5.25. The Kier molecular flexibility index (Phi) is 4.60. The second kappa shape index (κ2) is 5.24. The lowest BCUT2D eigenvalue weighted by molar-refractivity contribution is -0.0753. The summed E-state index contributed by atoms with van der Waals surface area (Å²) in [5, 5.41) is 0. The van der Waals surface area contributed by atoms with Crippen molar-refractivity contribution in [1.82, 2.24) is 0 Å². The van der Waals surface area contributed by atoms with Gasteiger partial charge in [0.2, 0.25) is 0 Å². The second-order valence-electron chi connectivity index (χ2n) is 6.03. The smallest absolute Gasteiger partial charge is 0.149 e. The van der Waals surface area contributed by atoms with Crippen molar-refractivity contribution in [3.05, 3.63) is 0 Å². The molecule has 17 heavy (non-hydrogen) atoms. The highest BCUT2D eigenvalue weighted by Crippen LogP contribution is 2.41. The number of rotatable bonds is 5. The Labute approximate surface area is 105 Å². The molecule has 0 aromatic rings. The standard InChI is InChI=1S/C12H25NO3S/c1-11(2)4-6-12(10-13,7-5-11)16-8-9-17(3,14)15/h4-10,13H2,1-3H3. The largest absolute Gasteiger partial charge is 0.373 e. The predicted octanol–water partition coefficient (Wildman–Crippen LogP) is 1.35. The van der Waals surface area contributed by atoms with Gasteiger partial charge in [-0.25, -0.2) is 8.42 Å². The lowest BCUT2D eigenvalue weighted by Gasteiger charge is -2.42. The normalized spacial score (nSPS) is 23.5. The van der Waals surface area contributed by atoms with Gasteiger partial charge in [0.15, 0.2) is 0 Å². The number of hydrogen-bond acceptors (Lipinski definition) is 4. The molecule has 0 radical (unpaired) electrons. The van der Waals surface area contributed by atoms with Gasteiger partial charge in [-0.1, -0.05) is 13.8 Å². The maximum atomic E-state index is 11.1. The van der Waals surface area contributed by atoms with Gasteiger partial charge in [-0.05, 0) is 31.1 Å². The first-order chi connectivity index (χ1) is 7.68. The highest BCUT2D eigenvalue weighted by Gasteiger charge is 2.38. The fourth-order valence-corrected chi connectivity index (χ4v) is 2.59. The van der Waals surface area contributed by atoms with Gasteiger partial charge in [0.1, 0.15) is 9.84 Å². The van der Waals surface area contributed by atoms with Crippen LogP contribution in [0.1, 0.15) is 39.5 Å². The average molecular weight is 263 g/mol. The van der Waals surface area contributed by atoms with Crippen LogP contribution in [-0.4, -0.2) is 39.2 Å². The SMILES string of the molecule is CC1(C)CCC(CN)(OCCS(C)(=O)=O)CC1. The molecule has 0 spiro atoms. The van der Waals surface area contributed by atoms with Crippen LogP contribution in [0.2, 0.25) is 0 Å². The van der Waals surface area contributed by atoms with Gasteiger partial charge in [-0.2, -0.15) is 0 Å². The summed E-state index contributed by atoms with van der Waals surface area (Å²) in [7, 11) is -2.95. The first-order valence-corrected chi connectivity index (χ1v) is 8.26. The first-order valence-electron chi connectivity index (χ1n) is 6.20. The van der Waals surface area contributed by atoms with Gasteiger partial charge >= 0.3 is 0 Å². The zero-order valence-corrected chi connectivity index (χ0v) is 12.0. The van der Waals surface area contributed by atoms with Gasteiger partial charge in [-0.3, -0.25) is 0 Å². The van der Waals surface area contributed by atoms with Crippen LogP contribution in [0, 0.1) is 5.41 Å². The van der Waals surface area contributed by atoms with Gasteiger partial charge in [0.25, 0.3) is 0 Å². The van der Waals surface area contributed by atoms with Gasteiger partial charge in [0, 0.05) is 12.8 Å². The molecule has 0 aliphatic heterocycles. The monoisotopic (exact) mass is 263 g/mol. The Balaban J connectivity index is 2.48. The van der Waals surface area contributed by atoms with E-state index in [0.717, 1.165) is 25.7 Å². The molecule has 1 rings (SSSR count). The number of hydrogen-bond donors (Lipinski definition) is 1. The van der Waals surface area contributed by atoms with Crippen LogP contribution in [0.15, 0.2) is 0 Å². The summed E-state index contributed by atoms with van der Waals surface area (Å²) < 4.78 is 27.9. The van der Waals surface area contributed by atoms with E-state index in [0.29, 0.717) is 12.0 Å². The van der Waals surface area contributed by atoms with Crippen molar-refractivity contribution in [2.75, 3.05) is 25.2 Å². The Hall–Kier alpha value is -0.130. The summed E-state index contributed by atoms with van der Waals surface area (Å²) in [6.07, 6.45) is 5.27. The third kappa shape index (κ3) is 4.94. The van der Waals surface area contributed by atoms with E-state index >= 15 is 0 Å². The first kappa shape index (κ1) is 14.9. The molecule has 1 aliphatic rings. The lowest BCUT2D eigenvalue weighted by atomic mass is 9.71. The Morgan fingerprint density at radius 1 is 1.18 bits per heavy atom. The minimum absolute atomic E-state index is 0.0815. The number of sulfone groups is 1. The van der Waals surface area contributed by atoms with Crippen LogP contribution in [0.5, 0.6) is 0 Å². The molecule has 0 amide bonds. The number of nitrogens with two attached hydrogens (primary N) is 1. The lowest BCUT2D eigenvalue weighted by Crippen LogP contribution is -2.46. The molecule has 1 fully saturated rings. The van der Waals surface area contributed by atoms with Crippen molar-refractivity contribution in [3.63, 3.8) is 0 Å². The Morgan fingerprint density at radius 2 is 1.71 bits per heavy atom. The molecule has 1 saturated carbocycles. The van der Waals surface area contributed by atoms with E-state index in [-0.39, 0.29) is 18.0 Å². The Morgan fingerprint density at radius 3 is 2.12 bits per heavy atom. The van der Waals surface area contributed by atoms with Gasteiger partial charge in [0.05, 0.1) is 18.0 Å². The molecule has 0 aromatic heterocycles. The number of ether oxygens (including phenoxy) is 1. The van der Waals surface area contributed by atoms with Crippen LogP contribution >= 0.6 is 0 Å². The quantitative estimate of drug-likeness (QED) is 0.813. The van der Waals surface area contributed by atoms with Crippen molar-refractivity contribution in [3.8, 4) is 0 Å². The minimum Gasteiger partial charge on any atom is -0.373 e. The molecular weight excluding hydrogens is 238 g/mol. The van der Waals surface area contributed by atoms with Crippen LogP contribution in [0.4, 0.5) is 0 Å². The van der Waals surface area contributed by atoms with Gasteiger partial charge in [-0.15, -0.1) is 0 Å². The molecule has 0 atom stereocenters. The van der Waals surface area contributed by atoms with E-state index in [1.54, 1.807) is 0 Å². The van der Waals surface area contributed by atoms with Crippen molar-refractivity contribution in [2.45, 2.75) is 45.1 Å². The van der Waals surface area contributed by atoms with E-state index in [2.05, 4.69) is 13.8 Å². The van der Waals surface area contributed by atoms with E-state index < -0.39 is 9.84 Å². The van der Waals surface area contributed by atoms with E-state index in [1.165, 1.54) is 6.26 Å². The third-order valence-corrected chi connectivity index (χ3v) is 4.66. The maximum Gasteiger partial charge on any atom is 0.149 e. The topological polar surface area (TPSA) is 69.4 Å². The predicted molar refractivity (Wildman–Crippen MR) is 69.7 cm³/mol. The third-order valence-electron chi connectivity index (χ3n) is 3.75. The molecule has 102 valence electrons. The van der Waals surface area contributed by atoms with Crippen molar-refractivity contribution in [2.24, 2.45) is 11.1 Å². The maximum absolute atomic E-state index is 11.1. The van der Waals surface area contributed by atoms with E-state index in [1.807, 2.05) is 0 Å². The molecule has 5 heteroatoms. The molecule has 2 N–H and O–H groups in total. The molecule has 0 aromatic carbocycles. The zero-order valence-electron chi connectivity index (χ0n) is 11.2. The van der Waals surface area contributed by atoms with Crippen LogP contribution < -0.4 is 5.73 Å². The van der Waals surface area contributed by atoms with Crippen molar-refractivity contribution < 1.29 is 13.2 Å². The Bertz CT molecular complexity index is 339. The van der Waals surface area contributed by atoms with Crippen LogP contribution in [0.3, 0.4) is 0 Å². The van der Waals surface area contributed by atoms with Crippen LogP contribution in [0.25, 0.3) is 0 Å². The fraction of sp³-hybridized carbons (Fsp3) is 1.00.